The van der Waals surface area contributed by atoms with Gasteiger partial charge in [-0.15, -0.1) is 9.38 Å². The SMILES string of the molecule is CC.CC.CC.CC.CC.CC.CC.CC.C[N+]1=CC(C)(C)C=C1.C[N+]1=CC(C)(C)C=N1.C[N+]1=CC(C)(C)N=C1.C[N+]1=CC=CC1(C)C.C[N+]1=CC=NC1(C)C.C[N+]1=CN=CC1(C)C.C[N+]1=NC=CC1(C)C.Cn1ccc[n+]1C. The smallest absolute Gasteiger partial charge is 0.255 e. The maximum atomic E-state index is 4.19. The van der Waals surface area contributed by atoms with Crippen LogP contribution in [0.4, 0.5) is 0 Å². The van der Waals surface area contributed by atoms with Gasteiger partial charge in [-0.2, -0.15) is 4.68 Å². The Hall–Kier alpha value is -5.27. The molecule has 0 N–H and O–H groups in total. The molecule has 0 atom stereocenters. The molecule has 1 aromatic heterocycles. The summed E-state index contributed by atoms with van der Waals surface area (Å²) in [6, 6.07) is 2.00. The zero-order chi connectivity index (χ0) is 64.7. The highest BCUT2D eigenvalue weighted by Crippen LogP contribution is 2.17. The highest BCUT2D eigenvalue weighted by atomic mass is 15.4. The molecule has 8 rings (SSSR count). The van der Waals surface area contributed by atoms with Gasteiger partial charge in [0.25, 0.3) is 12.7 Å². The molecule has 79 heavy (non-hydrogen) atoms. The number of nitrogens with zero attached hydrogens (tertiary/aromatic N) is 14. The fourth-order valence-electron chi connectivity index (χ4n) is 5.45. The third-order valence-electron chi connectivity index (χ3n) is 10.9. The van der Waals surface area contributed by atoms with E-state index in [-0.39, 0.29) is 38.6 Å². The number of hydrogen-bond donors (Lipinski definition) is 0. The van der Waals surface area contributed by atoms with Crippen molar-refractivity contribution >= 4 is 62.4 Å². The molecule has 0 fully saturated rings. The summed E-state index contributed by atoms with van der Waals surface area (Å²) in [7, 11) is 18.1. The monoisotopic (exact) mass is 1110 g/mol. The number of aromatic nitrogens is 2. The molecule has 1 aromatic rings. The standard InChI is InChI=1S/2C7H12N.5C6H11N2.C5H9N2.8C2H6/c1-7(2)4-5-8(3)6-7;1-7(2)5-4-6-8(7)3;1-6(2)4-8(3)5-7-6;1-6(2)4-7-5-8(6)3;1-6(2)4-7-8(3)5-6;1-6(2)7-4-5-8(6)3;1-6(2)4-5-7-8(6)3;1-6-4-3-5-7(6)2;8*1-2/h2*4-6H,1-3H3;5*4-5H,1-3H3;3-5H,1-2H3;8*1-2H3/q8*+1;;;;;;;;. The van der Waals surface area contributed by atoms with Crippen molar-refractivity contribution in [1.82, 2.24) is 4.68 Å². The van der Waals surface area contributed by atoms with Crippen LogP contribution in [0.25, 0.3) is 0 Å². The summed E-state index contributed by atoms with van der Waals surface area (Å²) in [5.41, 5.74) is 1.03. The molecule has 0 saturated carbocycles. The lowest BCUT2D eigenvalue weighted by Crippen LogP contribution is -2.35. The number of rotatable bonds is 0. The molecule has 458 valence electrons. The molecule has 14 nitrogen and oxygen atoms in total. The van der Waals surface area contributed by atoms with E-state index in [4.69, 9.17) is 0 Å². The number of likely N-dealkylation sites (N-methyl/N-ethyl adjacent to an activating group) is 2. The number of hydrazone groups is 1. The van der Waals surface area contributed by atoms with Gasteiger partial charge in [-0.3, -0.25) is 4.58 Å². The van der Waals surface area contributed by atoms with Gasteiger partial charge in [-0.05, 0) is 77.8 Å². The molecular formula is C65H136N14+8. The molecule has 0 radical (unpaired) electrons. The number of allylic oxidation sites excluding steroid dienone is 2. The molecule has 7 aliphatic heterocycles. The van der Waals surface area contributed by atoms with Gasteiger partial charge in [0.05, 0.1) is 56.8 Å². The second-order valence-electron chi connectivity index (χ2n) is 20.6. The minimum atomic E-state index is 0. The topological polar surface area (TPSA) is 91.7 Å². The number of azo groups is 2. The fraction of sp³-hybridized carbons (Fsp3) is 0.708. The van der Waals surface area contributed by atoms with Gasteiger partial charge in [0.2, 0.25) is 11.2 Å². The summed E-state index contributed by atoms with van der Waals surface area (Å²) in [4.78, 5) is 12.4. The Bertz CT molecular complexity index is 1890. The van der Waals surface area contributed by atoms with Gasteiger partial charge >= 0.3 is 0 Å². The van der Waals surface area contributed by atoms with Crippen LogP contribution in [0.1, 0.15) is 208 Å². The number of hydrogen-bond acceptors (Lipinski definition) is 5. The molecule has 0 bridgehead atoms. The average Bonchev–Trinajstić information content (AvgIpc) is 4.32. The zero-order valence-electron chi connectivity index (χ0n) is 59.7. The summed E-state index contributed by atoms with van der Waals surface area (Å²) in [5.74, 6) is 0. The Morgan fingerprint density at radius 3 is 1.08 bits per heavy atom. The average molecular weight is 1110 g/mol. The van der Waals surface area contributed by atoms with E-state index in [1.807, 2.05) is 253 Å². The molecule has 0 spiro atoms. The molecule has 0 aliphatic carbocycles. The second kappa shape index (κ2) is 48.6. The lowest BCUT2D eigenvalue weighted by Gasteiger charge is -2.10. The lowest BCUT2D eigenvalue weighted by atomic mass is 9.97. The van der Waals surface area contributed by atoms with E-state index < -0.39 is 0 Å². The van der Waals surface area contributed by atoms with Crippen LogP contribution in [0.15, 0.2) is 80.4 Å². The van der Waals surface area contributed by atoms with Crippen molar-refractivity contribution in [1.29, 1.82) is 0 Å². The Balaban J connectivity index is -0.000000117. The first kappa shape index (κ1) is 90.3. The van der Waals surface area contributed by atoms with Gasteiger partial charge in [0.15, 0.2) is 81.2 Å². The van der Waals surface area contributed by atoms with E-state index >= 15 is 0 Å². The third kappa shape index (κ3) is 45.2. The summed E-state index contributed by atoms with van der Waals surface area (Å²) in [6.45, 7) is 61.8. The third-order valence-corrected chi connectivity index (χ3v) is 10.9. The second-order valence-corrected chi connectivity index (χ2v) is 20.6. The van der Waals surface area contributed by atoms with Gasteiger partial charge in [-0.25, -0.2) is 23.3 Å². The van der Waals surface area contributed by atoms with Crippen LogP contribution in [0.5, 0.6) is 0 Å². The van der Waals surface area contributed by atoms with Crippen molar-refractivity contribution in [2.75, 3.05) is 49.3 Å². The van der Waals surface area contributed by atoms with E-state index in [0.717, 1.165) is 0 Å². The summed E-state index contributed by atoms with van der Waals surface area (Å²) in [5, 5.41) is 8.08. The molecule has 14 heteroatoms. The largest absolute Gasteiger partial charge is 0.281 e. The summed E-state index contributed by atoms with van der Waals surface area (Å²) >= 11 is 0. The van der Waals surface area contributed by atoms with Crippen molar-refractivity contribution in [3.8, 4) is 0 Å². The Labute approximate surface area is 492 Å². The van der Waals surface area contributed by atoms with Crippen molar-refractivity contribution in [3.05, 3.63) is 55.2 Å². The predicted octanol–water partition coefficient (Wildman–Crippen LogP) is 14.0. The van der Waals surface area contributed by atoms with E-state index in [1.165, 1.54) is 0 Å². The van der Waals surface area contributed by atoms with Crippen LogP contribution in [-0.4, -0.2) is 176 Å². The lowest BCUT2D eigenvalue weighted by molar-refractivity contribution is -0.751. The maximum Gasteiger partial charge on any atom is 0.281 e. The van der Waals surface area contributed by atoms with Gasteiger partial charge < -0.3 is 0 Å². The molecular weight excluding hydrogens is 977 g/mol. The van der Waals surface area contributed by atoms with Crippen LogP contribution in [0.2, 0.25) is 0 Å². The molecule has 7 aliphatic rings. The fourth-order valence-corrected chi connectivity index (χ4v) is 5.45. The van der Waals surface area contributed by atoms with Crippen LogP contribution in [-0.2, 0) is 14.1 Å². The van der Waals surface area contributed by atoms with Crippen molar-refractivity contribution in [2.45, 2.75) is 236 Å². The van der Waals surface area contributed by atoms with Crippen LogP contribution < -0.4 is 4.68 Å². The summed E-state index contributed by atoms with van der Waals surface area (Å²) in [6.07, 6.45) is 36.2. The van der Waals surface area contributed by atoms with Crippen molar-refractivity contribution in [3.63, 3.8) is 0 Å². The van der Waals surface area contributed by atoms with Crippen molar-refractivity contribution in [2.24, 2.45) is 50.1 Å². The quantitative estimate of drug-likeness (QED) is 0.232. The van der Waals surface area contributed by atoms with Crippen LogP contribution in [0.3, 0.4) is 0 Å². The van der Waals surface area contributed by atoms with Gasteiger partial charge in [0, 0.05) is 59.8 Å². The highest BCUT2D eigenvalue weighted by Gasteiger charge is 2.30. The Kier molecular flexibility index (Phi) is 55.6. The van der Waals surface area contributed by atoms with E-state index in [1.54, 1.807) is 0 Å². The summed E-state index contributed by atoms with van der Waals surface area (Å²) < 4.78 is 18.2. The minimum Gasteiger partial charge on any atom is -0.255 e. The minimum absolute atomic E-state index is 0. The molecule has 0 unspecified atom stereocenters. The van der Waals surface area contributed by atoms with Gasteiger partial charge in [-0.1, -0.05) is 125 Å². The first-order valence-corrected chi connectivity index (χ1v) is 29.7. The van der Waals surface area contributed by atoms with Gasteiger partial charge in [0.1, 0.15) is 27.4 Å². The maximum absolute atomic E-state index is 4.19. The van der Waals surface area contributed by atoms with Crippen LogP contribution in [0, 0.1) is 10.8 Å². The Morgan fingerprint density at radius 1 is 0.468 bits per heavy atom. The Morgan fingerprint density at radius 2 is 0.975 bits per heavy atom. The first-order valence-electron chi connectivity index (χ1n) is 29.7. The first-order chi connectivity index (χ1) is 36.6. The molecule has 8 heterocycles. The number of aryl methyl sites for hydroxylation is 2. The normalized spacial score (nSPS) is 18.2. The van der Waals surface area contributed by atoms with E-state index in [0.29, 0.717) is 0 Å². The number of aliphatic imine (C=N–C) groups is 3. The van der Waals surface area contributed by atoms with Crippen LogP contribution >= 0.6 is 0 Å². The molecule has 0 saturated heterocycles. The van der Waals surface area contributed by atoms with E-state index in [9.17, 15) is 0 Å². The molecule has 0 amide bonds. The highest BCUT2D eigenvalue weighted by molar-refractivity contribution is 6.14. The zero-order valence-corrected chi connectivity index (χ0v) is 59.7. The van der Waals surface area contributed by atoms with Crippen molar-refractivity contribution < 1.29 is 36.9 Å². The predicted molar refractivity (Wildman–Crippen MR) is 359 cm³/mol. The molecule has 0 aromatic carbocycles. The van der Waals surface area contributed by atoms with E-state index in [2.05, 4.69) is 203 Å².